The topological polar surface area (TPSA) is 0 Å². The van der Waals surface area contributed by atoms with Crippen molar-refractivity contribution in [2.24, 2.45) is 0 Å². The van der Waals surface area contributed by atoms with Gasteiger partial charge in [-0.05, 0) is 24.6 Å². The van der Waals surface area contributed by atoms with Gasteiger partial charge >= 0.3 is 0 Å². The molecule has 0 aromatic heterocycles. The Balaban J connectivity index is 2.75. The number of halogens is 1. The van der Waals surface area contributed by atoms with Crippen molar-refractivity contribution in [2.75, 3.05) is 5.88 Å². The van der Waals surface area contributed by atoms with Crippen LogP contribution in [-0.2, 0) is 0 Å². The molecular formula is C13H13Cl. The fourth-order valence-corrected chi connectivity index (χ4v) is 1.14. The molecule has 0 nitrogen and oxygen atoms in total. The van der Waals surface area contributed by atoms with Crippen LogP contribution in [0.15, 0.2) is 30.8 Å². The lowest BCUT2D eigenvalue weighted by atomic mass is 10.1. The van der Waals surface area contributed by atoms with E-state index < -0.39 is 0 Å². The molecule has 0 aliphatic carbocycles. The smallest absolute Gasteiger partial charge is 0.0333 e. The van der Waals surface area contributed by atoms with E-state index in [-0.39, 0.29) is 0 Å². The molecule has 0 saturated carbocycles. The van der Waals surface area contributed by atoms with E-state index in [0.29, 0.717) is 5.88 Å². The van der Waals surface area contributed by atoms with Gasteiger partial charge in [0.15, 0.2) is 0 Å². The summed E-state index contributed by atoms with van der Waals surface area (Å²) < 4.78 is 0. The Kier molecular flexibility index (Phi) is 4.29. The van der Waals surface area contributed by atoms with Gasteiger partial charge in [0, 0.05) is 17.9 Å². The molecule has 0 radical (unpaired) electrons. The van der Waals surface area contributed by atoms with Crippen LogP contribution in [0.3, 0.4) is 0 Å². The summed E-state index contributed by atoms with van der Waals surface area (Å²) in [6.07, 6.45) is 0.740. The van der Waals surface area contributed by atoms with Gasteiger partial charge in [-0.25, -0.2) is 0 Å². The van der Waals surface area contributed by atoms with Crippen LogP contribution >= 0.6 is 11.6 Å². The molecule has 0 saturated heterocycles. The molecule has 1 aromatic rings. The van der Waals surface area contributed by atoms with E-state index in [1.807, 2.05) is 31.2 Å². The van der Waals surface area contributed by atoms with Crippen molar-refractivity contribution >= 4 is 17.2 Å². The molecule has 0 heterocycles. The molecule has 0 atom stereocenters. The van der Waals surface area contributed by atoms with Gasteiger partial charge in [-0.2, -0.15) is 0 Å². The van der Waals surface area contributed by atoms with E-state index in [1.54, 1.807) is 0 Å². The third kappa shape index (κ3) is 3.28. The van der Waals surface area contributed by atoms with Gasteiger partial charge in [-0.1, -0.05) is 36.1 Å². The minimum Gasteiger partial charge on any atom is -0.126 e. The zero-order chi connectivity index (χ0) is 10.4. The molecule has 0 spiro atoms. The molecule has 0 fully saturated rings. The van der Waals surface area contributed by atoms with Gasteiger partial charge in [0.2, 0.25) is 0 Å². The minimum absolute atomic E-state index is 0.594. The van der Waals surface area contributed by atoms with Gasteiger partial charge < -0.3 is 0 Å². The van der Waals surface area contributed by atoms with Gasteiger partial charge in [0.1, 0.15) is 0 Å². The fraction of sp³-hybridized carbons (Fsp3) is 0.231. The van der Waals surface area contributed by atoms with Crippen LogP contribution in [0.1, 0.15) is 24.5 Å². The Morgan fingerprint density at radius 2 is 2.00 bits per heavy atom. The number of alkyl halides is 1. The van der Waals surface area contributed by atoms with E-state index >= 15 is 0 Å². The van der Waals surface area contributed by atoms with Crippen molar-refractivity contribution in [1.82, 2.24) is 0 Å². The highest BCUT2D eigenvalue weighted by molar-refractivity contribution is 6.18. The Labute approximate surface area is 90.6 Å². The number of benzene rings is 1. The van der Waals surface area contributed by atoms with E-state index in [0.717, 1.165) is 23.1 Å². The maximum absolute atomic E-state index is 5.52. The zero-order valence-electron chi connectivity index (χ0n) is 8.31. The summed E-state index contributed by atoms with van der Waals surface area (Å²) in [5.74, 6) is 6.64. The molecule has 0 aliphatic heterocycles. The summed E-state index contributed by atoms with van der Waals surface area (Å²) in [7, 11) is 0. The van der Waals surface area contributed by atoms with Crippen molar-refractivity contribution in [2.45, 2.75) is 13.3 Å². The second-order valence-electron chi connectivity index (χ2n) is 3.10. The molecule has 0 unspecified atom stereocenters. The van der Waals surface area contributed by atoms with Crippen LogP contribution in [0.4, 0.5) is 0 Å². The van der Waals surface area contributed by atoms with Crippen molar-refractivity contribution in [1.29, 1.82) is 0 Å². The van der Waals surface area contributed by atoms with Crippen molar-refractivity contribution < 1.29 is 0 Å². The standard InChI is InChI=1S/C13H13Cl/c1-11(2)13-8-6-12(7-9-13)5-3-4-10-14/h6-9H,1,4,10H2,2H3. The Morgan fingerprint density at radius 1 is 1.36 bits per heavy atom. The van der Waals surface area contributed by atoms with E-state index in [2.05, 4.69) is 18.4 Å². The predicted molar refractivity (Wildman–Crippen MR) is 63.4 cm³/mol. The van der Waals surface area contributed by atoms with Crippen LogP contribution in [0.5, 0.6) is 0 Å². The average Bonchev–Trinajstić information content (AvgIpc) is 2.19. The maximum Gasteiger partial charge on any atom is 0.0333 e. The SMILES string of the molecule is C=C(C)c1ccc(C#CCCCl)cc1. The summed E-state index contributed by atoms with van der Waals surface area (Å²) in [5.41, 5.74) is 3.26. The van der Waals surface area contributed by atoms with Crippen LogP contribution in [0.25, 0.3) is 5.57 Å². The second kappa shape index (κ2) is 5.52. The lowest BCUT2D eigenvalue weighted by molar-refractivity contribution is 1.29. The third-order valence-corrected chi connectivity index (χ3v) is 2.02. The lowest BCUT2D eigenvalue weighted by Gasteiger charge is -1.98. The van der Waals surface area contributed by atoms with Crippen molar-refractivity contribution in [3.63, 3.8) is 0 Å². The third-order valence-electron chi connectivity index (χ3n) is 1.83. The molecule has 0 N–H and O–H groups in total. The molecule has 1 aromatic carbocycles. The first kappa shape index (κ1) is 10.9. The van der Waals surface area contributed by atoms with Crippen LogP contribution in [0.2, 0.25) is 0 Å². The molecule has 14 heavy (non-hydrogen) atoms. The zero-order valence-corrected chi connectivity index (χ0v) is 9.06. The molecule has 1 heteroatoms. The van der Waals surface area contributed by atoms with Crippen LogP contribution in [-0.4, -0.2) is 5.88 Å². The van der Waals surface area contributed by atoms with Crippen molar-refractivity contribution in [3.05, 3.63) is 42.0 Å². The van der Waals surface area contributed by atoms with Crippen molar-refractivity contribution in [3.8, 4) is 11.8 Å². The quantitative estimate of drug-likeness (QED) is 0.509. The van der Waals surface area contributed by atoms with Gasteiger partial charge in [-0.15, -0.1) is 11.6 Å². The van der Waals surface area contributed by atoms with Gasteiger partial charge in [0.05, 0.1) is 0 Å². The number of hydrogen-bond acceptors (Lipinski definition) is 0. The maximum atomic E-state index is 5.52. The number of hydrogen-bond donors (Lipinski definition) is 0. The predicted octanol–water partition coefficient (Wildman–Crippen LogP) is 3.70. The number of rotatable bonds is 2. The summed E-state index contributed by atoms with van der Waals surface area (Å²) in [4.78, 5) is 0. The first-order valence-electron chi connectivity index (χ1n) is 4.55. The Morgan fingerprint density at radius 3 is 2.50 bits per heavy atom. The summed E-state index contributed by atoms with van der Waals surface area (Å²) in [6.45, 7) is 5.87. The Bertz CT molecular complexity index is 362. The summed E-state index contributed by atoms with van der Waals surface area (Å²) in [6, 6.07) is 8.08. The van der Waals surface area contributed by atoms with Crippen LogP contribution < -0.4 is 0 Å². The monoisotopic (exact) mass is 204 g/mol. The minimum atomic E-state index is 0.594. The molecule has 72 valence electrons. The number of allylic oxidation sites excluding steroid dienone is 1. The van der Waals surface area contributed by atoms with Gasteiger partial charge in [-0.3, -0.25) is 0 Å². The molecule has 0 amide bonds. The highest BCUT2D eigenvalue weighted by Crippen LogP contribution is 2.11. The van der Waals surface area contributed by atoms with E-state index in [4.69, 9.17) is 11.6 Å². The second-order valence-corrected chi connectivity index (χ2v) is 3.48. The highest BCUT2D eigenvalue weighted by atomic mass is 35.5. The molecule has 0 aliphatic rings. The lowest BCUT2D eigenvalue weighted by Crippen LogP contribution is -1.79. The van der Waals surface area contributed by atoms with Gasteiger partial charge in [0.25, 0.3) is 0 Å². The summed E-state index contributed by atoms with van der Waals surface area (Å²) >= 11 is 5.52. The fourth-order valence-electron chi connectivity index (χ4n) is 1.05. The molecular weight excluding hydrogens is 192 g/mol. The van der Waals surface area contributed by atoms with Crippen LogP contribution in [0, 0.1) is 11.8 Å². The highest BCUT2D eigenvalue weighted by Gasteiger charge is 1.91. The largest absolute Gasteiger partial charge is 0.126 e. The summed E-state index contributed by atoms with van der Waals surface area (Å²) in [5, 5.41) is 0. The molecule has 1 rings (SSSR count). The average molecular weight is 205 g/mol. The molecule has 0 bridgehead atoms. The van der Waals surface area contributed by atoms with E-state index in [1.165, 1.54) is 0 Å². The first-order valence-corrected chi connectivity index (χ1v) is 5.08. The Hall–Kier alpha value is -1.19. The first-order chi connectivity index (χ1) is 6.74. The van der Waals surface area contributed by atoms with E-state index in [9.17, 15) is 0 Å². The normalized spacial score (nSPS) is 9.00.